The van der Waals surface area contributed by atoms with Crippen LogP contribution in [0.4, 0.5) is 0 Å². The molecule has 1 amide bonds. The lowest BCUT2D eigenvalue weighted by Gasteiger charge is -2.04. The van der Waals surface area contributed by atoms with E-state index in [1.807, 2.05) is 6.20 Å². The first kappa shape index (κ1) is 14.6. The van der Waals surface area contributed by atoms with Crippen molar-refractivity contribution in [2.45, 2.75) is 18.5 Å². The standard InChI is InChI=1S/C15H17N5OS/c1-10-2-3-12-11(7-17-13(12)6-10)4-5-16-14(21)8-22-15-18-9-19-20-15/h2-3,6-7,9,17H,4-5,8H2,1H3,(H,16,21)(H,18,19,20). The Balaban J connectivity index is 1.48. The molecule has 7 heteroatoms. The molecular weight excluding hydrogens is 298 g/mol. The number of thioether (sulfide) groups is 1. The predicted octanol–water partition coefficient (Wildman–Crippen LogP) is 2.05. The van der Waals surface area contributed by atoms with Gasteiger partial charge in [0.15, 0.2) is 5.16 Å². The van der Waals surface area contributed by atoms with Crippen LogP contribution in [0.15, 0.2) is 35.9 Å². The summed E-state index contributed by atoms with van der Waals surface area (Å²) in [6.45, 7) is 2.70. The van der Waals surface area contributed by atoms with Gasteiger partial charge in [-0.3, -0.25) is 9.89 Å². The average Bonchev–Trinajstić information content (AvgIpc) is 3.15. The molecule has 0 unspecified atom stereocenters. The smallest absolute Gasteiger partial charge is 0.230 e. The maximum absolute atomic E-state index is 11.8. The second kappa shape index (κ2) is 6.65. The number of hydrogen-bond donors (Lipinski definition) is 3. The number of H-pyrrole nitrogens is 2. The zero-order valence-corrected chi connectivity index (χ0v) is 13.0. The summed E-state index contributed by atoms with van der Waals surface area (Å²) in [6.07, 6.45) is 4.25. The average molecular weight is 315 g/mol. The SMILES string of the molecule is Cc1ccc2c(CCNC(=O)CSc3ncn[nH]3)c[nH]c2c1. The largest absolute Gasteiger partial charge is 0.361 e. The van der Waals surface area contributed by atoms with Crippen LogP contribution >= 0.6 is 11.8 Å². The quantitative estimate of drug-likeness (QED) is 0.608. The normalized spacial score (nSPS) is 11.0. The van der Waals surface area contributed by atoms with E-state index in [-0.39, 0.29) is 5.91 Å². The first-order valence-corrected chi connectivity index (χ1v) is 8.02. The van der Waals surface area contributed by atoms with Crippen molar-refractivity contribution in [2.24, 2.45) is 0 Å². The lowest BCUT2D eigenvalue weighted by molar-refractivity contribution is -0.118. The molecule has 2 heterocycles. The summed E-state index contributed by atoms with van der Waals surface area (Å²) in [5, 5.41) is 11.2. The minimum atomic E-state index is -0.00270. The Labute approximate surface area is 132 Å². The molecule has 0 aliphatic carbocycles. The molecule has 114 valence electrons. The number of nitrogens with zero attached hydrogens (tertiary/aromatic N) is 2. The molecule has 6 nitrogen and oxygen atoms in total. The molecule has 0 saturated carbocycles. The number of amides is 1. The first-order valence-electron chi connectivity index (χ1n) is 7.04. The van der Waals surface area contributed by atoms with E-state index in [4.69, 9.17) is 0 Å². The molecule has 0 bridgehead atoms. The van der Waals surface area contributed by atoms with Crippen LogP contribution < -0.4 is 5.32 Å². The topological polar surface area (TPSA) is 86.5 Å². The van der Waals surface area contributed by atoms with Crippen LogP contribution in [-0.2, 0) is 11.2 Å². The van der Waals surface area contributed by atoms with E-state index in [9.17, 15) is 4.79 Å². The summed E-state index contributed by atoms with van der Waals surface area (Å²) in [7, 11) is 0. The van der Waals surface area contributed by atoms with Crippen LogP contribution in [-0.4, -0.2) is 38.4 Å². The zero-order valence-electron chi connectivity index (χ0n) is 12.2. The Morgan fingerprint density at radius 3 is 3.14 bits per heavy atom. The van der Waals surface area contributed by atoms with Gasteiger partial charge in [-0.05, 0) is 30.5 Å². The fourth-order valence-corrected chi connectivity index (χ4v) is 2.90. The van der Waals surface area contributed by atoms with Crippen LogP contribution in [0.3, 0.4) is 0 Å². The Bertz CT molecular complexity index is 765. The van der Waals surface area contributed by atoms with Crippen molar-refractivity contribution in [2.75, 3.05) is 12.3 Å². The summed E-state index contributed by atoms with van der Waals surface area (Å²) in [5.41, 5.74) is 3.60. The summed E-state index contributed by atoms with van der Waals surface area (Å²) in [5.74, 6) is 0.333. The monoisotopic (exact) mass is 315 g/mol. The highest BCUT2D eigenvalue weighted by molar-refractivity contribution is 7.99. The van der Waals surface area contributed by atoms with Crippen molar-refractivity contribution in [1.82, 2.24) is 25.5 Å². The Hall–Kier alpha value is -2.28. The number of carbonyl (C=O) groups excluding carboxylic acids is 1. The van der Waals surface area contributed by atoms with E-state index in [1.54, 1.807) is 0 Å². The van der Waals surface area contributed by atoms with Crippen molar-refractivity contribution < 1.29 is 4.79 Å². The van der Waals surface area contributed by atoms with Crippen molar-refractivity contribution in [3.63, 3.8) is 0 Å². The number of aromatic amines is 2. The number of rotatable bonds is 6. The number of hydrogen-bond acceptors (Lipinski definition) is 4. The highest BCUT2D eigenvalue weighted by atomic mass is 32.2. The summed E-state index contributed by atoms with van der Waals surface area (Å²) < 4.78 is 0. The van der Waals surface area contributed by atoms with Crippen LogP contribution in [0.2, 0.25) is 0 Å². The number of nitrogens with one attached hydrogen (secondary N) is 3. The van der Waals surface area contributed by atoms with Gasteiger partial charge in [0.1, 0.15) is 6.33 Å². The Morgan fingerprint density at radius 1 is 1.41 bits per heavy atom. The molecule has 3 N–H and O–H groups in total. The molecule has 0 fully saturated rings. The van der Waals surface area contributed by atoms with Crippen LogP contribution in [0.5, 0.6) is 0 Å². The molecule has 3 aromatic rings. The van der Waals surface area contributed by atoms with Crippen molar-refractivity contribution in [3.05, 3.63) is 41.9 Å². The number of carbonyl (C=O) groups is 1. The third kappa shape index (κ3) is 3.48. The highest BCUT2D eigenvalue weighted by Gasteiger charge is 2.06. The molecule has 0 atom stereocenters. The van der Waals surface area contributed by atoms with Gasteiger partial charge in [-0.1, -0.05) is 23.9 Å². The van der Waals surface area contributed by atoms with Gasteiger partial charge in [0.05, 0.1) is 5.75 Å². The van der Waals surface area contributed by atoms with Crippen LogP contribution in [0, 0.1) is 6.92 Å². The molecule has 0 aliphatic heterocycles. The van der Waals surface area contributed by atoms with Gasteiger partial charge in [0, 0.05) is 23.6 Å². The number of fused-ring (bicyclic) bond motifs is 1. The zero-order chi connectivity index (χ0) is 15.4. The van der Waals surface area contributed by atoms with Gasteiger partial charge in [-0.15, -0.1) is 0 Å². The minimum absolute atomic E-state index is 0.00270. The summed E-state index contributed by atoms with van der Waals surface area (Å²) >= 11 is 1.34. The first-order chi connectivity index (χ1) is 10.7. The fourth-order valence-electron chi connectivity index (χ4n) is 2.29. The Morgan fingerprint density at radius 2 is 2.32 bits per heavy atom. The third-order valence-corrected chi connectivity index (χ3v) is 4.25. The molecule has 0 saturated heterocycles. The van der Waals surface area contributed by atoms with Crippen molar-refractivity contribution >= 4 is 28.6 Å². The maximum atomic E-state index is 11.8. The molecule has 2 aromatic heterocycles. The van der Waals surface area contributed by atoms with E-state index < -0.39 is 0 Å². The van der Waals surface area contributed by atoms with E-state index >= 15 is 0 Å². The fraction of sp³-hybridized carbons (Fsp3) is 0.267. The van der Waals surface area contributed by atoms with E-state index in [1.165, 1.54) is 34.6 Å². The lowest BCUT2D eigenvalue weighted by atomic mass is 10.1. The van der Waals surface area contributed by atoms with E-state index in [0.29, 0.717) is 17.5 Å². The molecule has 3 rings (SSSR count). The number of aromatic nitrogens is 4. The predicted molar refractivity (Wildman–Crippen MR) is 86.9 cm³/mol. The lowest BCUT2D eigenvalue weighted by Crippen LogP contribution is -2.27. The molecule has 0 aliphatic rings. The maximum Gasteiger partial charge on any atom is 0.230 e. The van der Waals surface area contributed by atoms with Gasteiger partial charge < -0.3 is 10.3 Å². The van der Waals surface area contributed by atoms with Crippen molar-refractivity contribution in [3.8, 4) is 0 Å². The van der Waals surface area contributed by atoms with E-state index in [2.05, 4.69) is 50.6 Å². The number of aryl methyl sites for hydroxylation is 1. The van der Waals surface area contributed by atoms with Gasteiger partial charge in [0.2, 0.25) is 5.91 Å². The van der Waals surface area contributed by atoms with Gasteiger partial charge in [0.25, 0.3) is 0 Å². The van der Waals surface area contributed by atoms with Gasteiger partial charge in [-0.25, -0.2) is 4.98 Å². The second-order valence-corrected chi connectivity index (χ2v) is 6.01. The van der Waals surface area contributed by atoms with Crippen molar-refractivity contribution in [1.29, 1.82) is 0 Å². The second-order valence-electron chi connectivity index (χ2n) is 5.04. The summed E-state index contributed by atoms with van der Waals surface area (Å²) in [6, 6.07) is 6.36. The molecule has 0 spiro atoms. The molecule has 1 aromatic carbocycles. The Kier molecular flexibility index (Phi) is 4.43. The van der Waals surface area contributed by atoms with Crippen LogP contribution in [0.25, 0.3) is 10.9 Å². The third-order valence-electron chi connectivity index (χ3n) is 3.37. The summed E-state index contributed by atoms with van der Waals surface area (Å²) in [4.78, 5) is 19.0. The molecule has 22 heavy (non-hydrogen) atoms. The molecule has 0 radical (unpaired) electrons. The molecular formula is C15H17N5OS. The number of benzene rings is 1. The van der Waals surface area contributed by atoms with Gasteiger partial charge >= 0.3 is 0 Å². The van der Waals surface area contributed by atoms with Crippen LogP contribution in [0.1, 0.15) is 11.1 Å². The minimum Gasteiger partial charge on any atom is -0.361 e. The van der Waals surface area contributed by atoms with Gasteiger partial charge in [-0.2, -0.15) is 5.10 Å². The van der Waals surface area contributed by atoms with E-state index in [0.717, 1.165) is 11.9 Å². The highest BCUT2D eigenvalue weighted by Crippen LogP contribution is 2.19.